The van der Waals surface area contributed by atoms with Crippen molar-refractivity contribution in [2.75, 3.05) is 0 Å². The highest BCUT2D eigenvalue weighted by Gasteiger charge is 2.47. The molecule has 18 heavy (non-hydrogen) atoms. The van der Waals surface area contributed by atoms with Crippen molar-refractivity contribution in [2.24, 2.45) is 4.99 Å². The number of benzene rings is 1. The van der Waals surface area contributed by atoms with Gasteiger partial charge in [-0.25, -0.2) is 0 Å². The topological polar surface area (TPSA) is 12.4 Å². The second kappa shape index (κ2) is 3.62. The van der Waals surface area contributed by atoms with E-state index in [1.165, 1.54) is 10.5 Å². The highest BCUT2D eigenvalue weighted by molar-refractivity contribution is 8.01. The summed E-state index contributed by atoms with van der Waals surface area (Å²) in [5.41, 5.74) is 3.42. The normalized spacial score (nSPS) is 31.3. The highest BCUT2D eigenvalue weighted by Crippen LogP contribution is 2.50. The van der Waals surface area contributed by atoms with Gasteiger partial charge in [0.15, 0.2) is 0 Å². The molecule has 0 saturated heterocycles. The van der Waals surface area contributed by atoms with E-state index in [0.717, 1.165) is 11.3 Å². The van der Waals surface area contributed by atoms with Crippen molar-refractivity contribution in [3.8, 4) is 0 Å². The number of hydrogen-bond donors (Lipinski definition) is 0. The van der Waals surface area contributed by atoms with Gasteiger partial charge in [0, 0.05) is 16.7 Å². The van der Waals surface area contributed by atoms with Gasteiger partial charge in [-0.2, -0.15) is 0 Å². The van der Waals surface area contributed by atoms with Crippen LogP contribution in [0.5, 0.6) is 0 Å². The summed E-state index contributed by atoms with van der Waals surface area (Å²) in [5, 5.41) is 0.178. The Morgan fingerprint density at radius 1 is 1.22 bits per heavy atom. The van der Waals surface area contributed by atoms with Crippen molar-refractivity contribution in [2.45, 2.75) is 15.0 Å². The molecule has 1 aromatic carbocycles. The molecule has 0 fully saturated rings. The summed E-state index contributed by atoms with van der Waals surface area (Å²) in [4.78, 5) is 5.45. The van der Waals surface area contributed by atoms with E-state index in [1.807, 2.05) is 30.1 Å². The van der Waals surface area contributed by atoms with Crippen LogP contribution in [0.3, 0.4) is 0 Å². The summed E-state index contributed by atoms with van der Waals surface area (Å²) in [5.74, 6) is 0. The molecule has 2 aliphatic heterocycles. The lowest BCUT2D eigenvalue weighted by Crippen LogP contribution is -2.40. The number of halogens is 1. The van der Waals surface area contributed by atoms with Crippen molar-refractivity contribution < 1.29 is 0 Å². The molecule has 0 saturated carbocycles. The average molecular weight is 272 g/mol. The monoisotopic (exact) mass is 271 g/mol. The van der Waals surface area contributed by atoms with Crippen molar-refractivity contribution in [3.05, 3.63) is 65.9 Å². The Labute approximate surface area is 115 Å². The molecule has 0 amide bonds. The van der Waals surface area contributed by atoms with Crippen LogP contribution in [-0.4, -0.2) is 15.8 Å². The molecule has 2 unspecified atom stereocenters. The average Bonchev–Trinajstić information content (AvgIpc) is 2.78. The molecule has 1 nitrogen and oxygen atoms in total. The number of rotatable bonds is 0. The van der Waals surface area contributed by atoms with E-state index in [9.17, 15) is 0 Å². The number of allylic oxidation sites excluding steroid dienone is 5. The number of fused-ring (bicyclic) bond motifs is 5. The SMILES string of the molecule is ClC12C=CC=CC1=CN=C1c3ccccc3SC12. The zero-order valence-electron chi connectivity index (χ0n) is 9.51. The predicted octanol–water partition coefficient (Wildman–Crippen LogP) is 3.95. The van der Waals surface area contributed by atoms with E-state index < -0.39 is 4.87 Å². The van der Waals surface area contributed by atoms with Gasteiger partial charge in [0.05, 0.1) is 11.0 Å². The third-order valence-electron chi connectivity index (χ3n) is 3.55. The first-order chi connectivity index (χ1) is 8.79. The Balaban J connectivity index is 1.92. The van der Waals surface area contributed by atoms with E-state index in [-0.39, 0.29) is 5.25 Å². The maximum atomic E-state index is 6.86. The van der Waals surface area contributed by atoms with Gasteiger partial charge in [-0.1, -0.05) is 42.5 Å². The summed E-state index contributed by atoms with van der Waals surface area (Å²) in [6, 6.07) is 8.39. The van der Waals surface area contributed by atoms with Gasteiger partial charge in [-0.3, -0.25) is 4.99 Å². The van der Waals surface area contributed by atoms with Crippen LogP contribution in [0.1, 0.15) is 5.56 Å². The van der Waals surface area contributed by atoms with Crippen molar-refractivity contribution >= 4 is 29.1 Å². The third kappa shape index (κ3) is 1.28. The van der Waals surface area contributed by atoms with E-state index in [2.05, 4.69) is 41.4 Å². The fraction of sp³-hybridized carbons (Fsp3) is 0.133. The quantitative estimate of drug-likeness (QED) is 0.651. The molecule has 1 aromatic rings. The highest BCUT2D eigenvalue weighted by atomic mass is 35.5. The molecule has 4 rings (SSSR count). The Morgan fingerprint density at radius 3 is 3.06 bits per heavy atom. The Morgan fingerprint density at radius 2 is 2.11 bits per heavy atom. The number of thioether (sulfide) groups is 1. The minimum absolute atomic E-state index is 0.178. The summed E-state index contributed by atoms with van der Waals surface area (Å²) < 4.78 is 0. The molecule has 3 aliphatic rings. The standard InChI is InChI=1S/C15H10ClNS/c16-15-8-4-3-5-10(15)9-17-13-11-6-1-2-7-12(11)18-14(13)15/h1-9,14H. The minimum Gasteiger partial charge on any atom is -0.259 e. The van der Waals surface area contributed by atoms with Crippen LogP contribution in [0.2, 0.25) is 0 Å². The van der Waals surface area contributed by atoms with Gasteiger partial charge in [0.25, 0.3) is 0 Å². The number of nitrogens with zero attached hydrogens (tertiary/aromatic N) is 1. The first-order valence-electron chi connectivity index (χ1n) is 5.88. The maximum absolute atomic E-state index is 6.86. The molecule has 0 bridgehead atoms. The van der Waals surface area contributed by atoms with Crippen molar-refractivity contribution in [1.29, 1.82) is 0 Å². The van der Waals surface area contributed by atoms with E-state index in [1.54, 1.807) is 0 Å². The van der Waals surface area contributed by atoms with Crippen LogP contribution >= 0.6 is 23.4 Å². The lowest BCUT2D eigenvalue weighted by molar-refractivity contribution is 0.862. The molecule has 0 N–H and O–H groups in total. The molecule has 3 heteroatoms. The van der Waals surface area contributed by atoms with Gasteiger partial charge in [0.2, 0.25) is 0 Å². The number of hydrogen-bond acceptors (Lipinski definition) is 2. The fourth-order valence-electron chi connectivity index (χ4n) is 2.63. The van der Waals surface area contributed by atoms with Gasteiger partial charge in [0.1, 0.15) is 4.87 Å². The molecule has 88 valence electrons. The Kier molecular flexibility index (Phi) is 2.14. The first kappa shape index (κ1) is 10.7. The Hall–Kier alpha value is -1.25. The first-order valence-corrected chi connectivity index (χ1v) is 7.14. The molecule has 2 atom stereocenters. The summed E-state index contributed by atoms with van der Waals surface area (Å²) in [7, 11) is 0. The zero-order valence-corrected chi connectivity index (χ0v) is 11.1. The van der Waals surface area contributed by atoms with Crippen LogP contribution < -0.4 is 0 Å². The summed E-state index contributed by atoms with van der Waals surface area (Å²) in [6.07, 6.45) is 10.1. The minimum atomic E-state index is -0.449. The summed E-state index contributed by atoms with van der Waals surface area (Å²) >= 11 is 8.68. The largest absolute Gasteiger partial charge is 0.259 e. The van der Waals surface area contributed by atoms with Crippen molar-refractivity contribution in [3.63, 3.8) is 0 Å². The van der Waals surface area contributed by atoms with E-state index in [0.29, 0.717) is 0 Å². The lowest BCUT2D eigenvalue weighted by atomic mass is 9.85. The molecule has 0 radical (unpaired) electrons. The molecular formula is C15H10ClNS. The van der Waals surface area contributed by atoms with Crippen molar-refractivity contribution in [1.82, 2.24) is 0 Å². The number of alkyl halides is 1. The fourth-order valence-corrected chi connectivity index (χ4v) is 4.44. The second-order valence-electron chi connectivity index (χ2n) is 4.58. The lowest BCUT2D eigenvalue weighted by Gasteiger charge is -2.34. The zero-order chi connectivity index (χ0) is 12.2. The molecule has 0 aromatic heterocycles. The predicted molar refractivity (Wildman–Crippen MR) is 77.6 cm³/mol. The summed E-state index contributed by atoms with van der Waals surface area (Å²) in [6.45, 7) is 0. The van der Waals surface area contributed by atoms with Crippen LogP contribution in [0.4, 0.5) is 0 Å². The van der Waals surface area contributed by atoms with Crippen LogP contribution in [0.15, 0.2) is 70.2 Å². The van der Waals surface area contributed by atoms with Gasteiger partial charge in [-0.05, 0) is 11.6 Å². The molecule has 0 spiro atoms. The molecule has 2 heterocycles. The van der Waals surface area contributed by atoms with Gasteiger partial charge < -0.3 is 0 Å². The third-order valence-corrected chi connectivity index (χ3v) is 5.68. The molecule has 1 aliphatic carbocycles. The van der Waals surface area contributed by atoms with Crippen LogP contribution in [-0.2, 0) is 0 Å². The van der Waals surface area contributed by atoms with Gasteiger partial charge >= 0.3 is 0 Å². The van der Waals surface area contributed by atoms with Gasteiger partial charge in [-0.15, -0.1) is 23.4 Å². The molecular weight excluding hydrogens is 262 g/mol. The van der Waals surface area contributed by atoms with Crippen LogP contribution in [0.25, 0.3) is 0 Å². The number of aliphatic imine (C=N–C) groups is 1. The smallest absolute Gasteiger partial charge is 0.107 e. The van der Waals surface area contributed by atoms with E-state index >= 15 is 0 Å². The second-order valence-corrected chi connectivity index (χ2v) is 6.35. The van der Waals surface area contributed by atoms with Crippen LogP contribution in [0, 0.1) is 0 Å². The van der Waals surface area contributed by atoms with E-state index in [4.69, 9.17) is 11.6 Å². The maximum Gasteiger partial charge on any atom is 0.107 e. The Bertz CT molecular complexity index is 656.